The molecule has 4 rings (SSSR count). The Morgan fingerprint density at radius 1 is 1.32 bits per heavy atom. The molecular weight excluding hydrogens is 282 g/mol. The SMILES string of the molecule is Cc1ccc(CN2C[C@@H](CO)[C@H](c3nc(C4CC4)no3)C2)o1. The van der Waals surface area contributed by atoms with Crippen LogP contribution >= 0.6 is 0 Å². The number of nitrogens with zero attached hydrogens (tertiary/aromatic N) is 3. The van der Waals surface area contributed by atoms with Gasteiger partial charge in [-0.3, -0.25) is 4.90 Å². The summed E-state index contributed by atoms with van der Waals surface area (Å²) in [6, 6.07) is 3.99. The molecule has 22 heavy (non-hydrogen) atoms. The van der Waals surface area contributed by atoms with Gasteiger partial charge in [-0.2, -0.15) is 4.98 Å². The van der Waals surface area contributed by atoms with Crippen LogP contribution in [-0.4, -0.2) is 39.8 Å². The van der Waals surface area contributed by atoms with Crippen molar-refractivity contribution in [1.82, 2.24) is 15.0 Å². The van der Waals surface area contributed by atoms with Crippen molar-refractivity contribution in [3.63, 3.8) is 0 Å². The number of furan rings is 1. The van der Waals surface area contributed by atoms with Gasteiger partial charge in [0.2, 0.25) is 5.89 Å². The highest BCUT2D eigenvalue weighted by Crippen LogP contribution is 2.40. The van der Waals surface area contributed by atoms with E-state index in [0.717, 1.165) is 49.8 Å². The molecule has 0 spiro atoms. The first-order valence-corrected chi connectivity index (χ1v) is 7.95. The van der Waals surface area contributed by atoms with Gasteiger partial charge in [0, 0.05) is 31.5 Å². The highest BCUT2D eigenvalue weighted by Gasteiger charge is 2.38. The summed E-state index contributed by atoms with van der Waals surface area (Å²) in [6.45, 7) is 4.48. The summed E-state index contributed by atoms with van der Waals surface area (Å²) in [6.07, 6.45) is 2.33. The third-order valence-corrected chi connectivity index (χ3v) is 4.64. The highest BCUT2D eigenvalue weighted by molar-refractivity contribution is 5.10. The van der Waals surface area contributed by atoms with Gasteiger partial charge in [0.15, 0.2) is 5.82 Å². The van der Waals surface area contributed by atoms with Gasteiger partial charge >= 0.3 is 0 Å². The summed E-state index contributed by atoms with van der Waals surface area (Å²) in [5.41, 5.74) is 0. The second-order valence-corrected chi connectivity index (χ2v) is 6.52. The monoisotopic (exact) mass is 303 g/mol. The van der Waals surface area contributed by atoms with Crippen molar-refractivity contribution in [3.05, 3.63) is 35.4 Å². The number of aliphatic hydroxyl groups excluding tert-OH is 1. The Balaban J connectivity index is 1.46. The molecule has 3 heterocycles. The first kappa shape index (κ1) is 14.0. The van der Waals surface area contributed by atoms with Crippen LogP contribution in [0.3, 0.4) is 0 Å². The summed E-state index contributed by atoms with van der Waals surface area (Å²) in [7, 11) is 0. The smallest absolute Gasteiger partial charge is 0.231 e. The minimum absolute atomic E-state index is 0.112. The van der Waals surface area contributed by atoms with Crippen LogP contribution in [0, 0.1) is 12.8 Å². The van der Waals surface area contributed by atoms with E-state index in [-0.39, 0.29) is 18.4 Å². The van der Waals surface area contributed by atoms with Crippen LogP contribution in [-0.2, 0) is 6.54 Å². The van der Waals surface area contributed by atoms with Crippen molar-refractivity contribution in [2.45, 2.75) is 38.1 Å². The topological polar surface area (TPSA) is 75.5 Å². The summed E-state index contributed by atoms with van der Waals surface area (Å²) in [5.74, 6) is 4.15. The van der Waals surface area contributed by atoms with Gasteiger partial charge in [0.1, 0.15) is 11.5 Å². The van der Waals surface area contributed by atoms with Gasteiger partial charge in [0.25, 0.3) is 0 Å². The van der Waals surface area contributed by atoms with Gasteiger partial charge in [-0.15, -0.1) is 0 Å². The zero-order valence-electron chi connectivity index (χ0n) is 12.7. The van der Waals surface area contributed by atoms with Crippen molar-refractivity contribution in [2.24, 2.45) is 5.92 Å². The van der Waals surface area contributed by atoms with E-state index in [4.69, 9.17) is 8.94 Å². The maximum absolute atomic E-state index is 9.67. The fourth-order valence-electron chi connectivity index (χ4n) is 3.25. The third-order valence-electron chi connectivity index (χ3n) is 4.64. The summed E-state index contributed by atoms with van der Waals surface area (Å²) in [5, 5.41) is 13.8. The van der Waals surface area contributed by atoms with Crippen molar-refractivity contribution in [3.8, 4) is 0 Å². The average Bonchev–Trinajstić information content (AvgIpc) is 2.94. The number of rotatable bonds is 5. The standard InChI is InChI=1S/C16H21N3O3/c1-10-2-5-13(21-10)7-19-6-12(9-20)14(8-19)16-17-15(18-22-16)11-3-4-11/h2,5,11-12,14,20H,3-4,6-9H2,1H3/t12-,14+/m0/s1. The minimum atomic E-state index is 0.112. The van der Waals surface area contributed by atoms with Gasteiger partial charge in [-0.05, 0) is 31.9 Å². The average molecular weight is 303 g/mol. The summed E-state index contributed by atoms with van der Waals surface area (Å²) in [4.78, 5) is 6.84. The van der Waals surface area contributed by atoms with Crippen molar-refractivity contribution >= 4 is 0 Å². The molecule has 1 saturated heterocycles. The molecule has 6 nitrogen and oxygen atoms in total. The third kappa shape index (κ3) is 2.68. The quantitative estimate of drug-likeness (QED) is 0.911. The molecule has 6 heteroatoms. The van der Waals surface area contributed by atoms with E-state index in [1.165, 1.54) is 0 Å². The van der Waals surface area contributed by atoms with E-state index in [2.05, 4.69) is 15.0 Å². The van der Waals surface area contributed by atoms with Gasteiger partial charge in [-0.1, -0.05) is 5.16 Å². The van der Waals surface area contributed by atoms with E-state index in [9.17, 15) is 5.11 Å². The Labute approximate surface area is 129 Å². The first-order chi connectivity index (χ1) is 10.7. The molecule has 2 aromatic heterocycles. The predicted octanol–water partition coefficient (Wildman–Crippen LogP) is 2.06. The minimum Gasteiger partial charge on any atom is -0.465 e. The number of hydrogen-bond acceptors (Lipinski definition) is 6. The lowest BCUT2D eigenvalue weighted by molar-refractivity contribution is 0.203. The maximum atomic E-state index is 9.67. The largest absolute Gasteiger partial charge is 0.465 e. The zero-order valence-corrected chi connectivity index (χ0v) is 12.7. The highest BCUT2D eigenvalue weighted by atomic mass is 16.5. The molecule has 0 amide bonds. The molecule has 1 aliphatic heterocycles. The fraction of sp³-hybridized carbons (Fsp3) is 0.625. The predicted molar refractivity (Wildman–Crippen MR) is 78.3 cm³/mol. The number of likely N-dealkylation sites (tertiary alicyclic amines) is 1. The van der Waals surface area contributed by atoms with E-state index >= 15 is 0 Å². The van der Waals surface area contributed by atoms with E-state index in [0.29, 0.717) is 11.8 Å². The Morgan fingerprint density at radius 3 is 2.86 bits per heavy atom. The van der Waals surface area contributed by atoms with Crippen LogP contribution < -0.4 is 0 Å². The lowest BCUT2D eigenvalue weighted by Crippen LogP contribution is -2.20. The molecule has 0 bridgehead atoms. The van der Waals surface area contributed by atoms with Crippen LogP contribution in [0.15, 0.2) is 21.1 Å². The summed E-state index contributed by atoms with van der Waals surface area (Å²) >= 11 is 0. The normalized spacial score (nSPS) is 25.9. The Bertz CT molecular complexity index is 647. The van der Waals surface area contributed by atoms with Gasteiger partial charge in [-0.25, -0.2) is 0 Å². The van der Waals surface area contributed by atoms with E-state index in [1.807, 2.05) is 19.1 Å². The molecule has 2 fully saturated rings. The Hall–Kier alpha value is -1.66. The van der Waals surface area contributed by atoms with Crippen LogP contribution in [0.25, 0.3) is 0 Å². The number of aryl methyl sites for hydroxylation is 1. The Morgan fingerprint density at radius 2 is 2.18 bits per heavy atom. The molecular formula is C16H21N3O3. The molecule has 1 aliphatic carbocycles. The zero-order chi connectivity index (χ0) is 15.1. The van der Waals surface area contributed by atoms with Crippen molar-refractivity contribution in [1.29, 1.82) is 0 Å². The lowest BCUT2D eigenvalue weighted by atomic mass is 9.97. The van der Waals surface area contributed by atoms with Gasteiger partial charge in [0.05, 0.1) is 12.5 Å². The van der Waals surface area contributed by atoms with Crippen molar-refractivity contribution < 1.29 is 14.0 Å². The molecule has 118 valence electrons. The first-order valence-electron chi connectivity index (χ1n) is 7.95. The van der Waals surface area contributed by atoms with Crippen molar-refractivity contribution in [2.75, 3.05) is 19.7 Å². The fourth-order valence-corrected chi connectivity index (χ4v) is 3.25. The number of aliphatic hydroxyl groups is 1. The molecule has 0 radical (unpaired) electrons. The molecule has 1 saturated carbocycles. The summed E-state index contributed by atoms with van der Waals surface area (Å²) < 4.78 is 11.1. The van der Waals surface area contributed by atoms with Crippen LogP contribution in [0.1, 0.15) is 47.9 Å². The lowest BCUT2D eigenvalue weighted by Gasteiger charge is -2.13. The van der Waals surface area contributed by atoms with Gasteiger partial charge < -0.3 is 14.0 Å². The van der Waals surface area contributed by atoms with Crippen LogP contribution in [0.4, 0.5) is 0 Å². The molecule has 2 aliphatic rings. The van der Waals surface area contributed by atoms with Crippen LogP contribution in [0.5, 0.6) is 0 Å². The van der Waals surface area contributed by atoms with Crippen LogP contribution in [0.2, 0.25) is 0 Å². The van der Waals surface area contributed by atoms with E-state index < -0.39 is 0 Å². The molecule has 0 unspecified atom stereocenters. The number of aromatic nitrogens is 2. The number of hydrogen-bond donors (Lipinski definition) is 1. The maximum Gasteiger partial charge on any atom is 0.231 e. The molecule has 1 N–H and O–H groups in total. The molecule has 0 aromatic carbocycles. The van der Waals surface area contributed by atoms with E-state index in [1.54, 1.807) is 0 Å². The molecule has 2 atom stereocenters. The Kier molecular flexibility index (Phi) is 3.50. The molecule has 2 aromatic rings. The second-order valence-electron chi connectivity index (χ2n) is 6.52. The second kappa shape index (κ2) is 5.52.